The first-order chi connectivity index (χ1) is 10.8. The minimum absolute atomic E-state index is 0.101. The van der Waals surface area contributed by atoms with Crippen molar-refractivity contribution in [3.8, 4) is 0 Å². The molecule has 0 unspecified atom stereocenters. The monoisotopic (exact) mass is 322 g/mol. The molecule has 0 radical (unpaired) electrons. The number of halogens is 3. The van der Waals surface area contributed by atoms with Crippen LogP contribution in [0.4, 0.5) is 24.5 Å². The van der Waals surface area contributed by atoms with Gasteiger partial charge in [0, 0.05) is 14.1 Å². The molecule has 0 aromatic heterocycles. The Kier molecular flexibility index (Phi) is 4.93. The summed E-state index contributed by atoms with van der Waals surface area (Å²) in [6, 6.07) is 12.3. The van der Waals surface area contributed by atoms with Crippen molar-refractivity contribution in [1.29, 1.82) is 0 Å². The molecule has 6 heteroatoms. The SMILES string of the molecule is CN(C)c1ccc(C(F)(F)F)cc1NC(=O)Cc1ccccc1. The number of nitrogens with zero attached hydrogens (tertiary/aromatic N) is 1. The van der Waals surface area contributed by atoms with Gasteiger partial charge in [-0.3, -0.25) is 4.79 Å². The second-order valence-corrected chi connectivity index (χ2v) is 5.33. The molecule has 23 heavy (non-hydrogen) atoms. The Morgan fingerprint density at radius 3 is 2.30 bits per heavy atom. The lowest BCUT2D eigenvalue weighted by Crippen LogP contribution is -2.19. The summed E-state index contributed by atoms with van der Waals surface area (Å²) in [4.78, 5) is 13.8. The van der Waals surface area contributed by atoms with E-state index in [1.807, 2.05) is 6.07 Å². The number of carbonyl (C=O) groups is 1. The summed E-state index contributed by atoms with van der Waals surface area (Å²) < 4.78 is 38.6. The van der Waals surface area contributed by atoms with E-state index in [-0.39, 0.29) is 18.0 Å². The fourth-order valence-corrected chi connectivity index (χ4v) is 2.18. The molecule has 0 aliphatic heterocycles. The van der Waals surface area contributed by atoms with Crippen LogP contribution < -0.4 is 10.2 Å². The fraction of sp³-hybridized carbons (Fsp3) is 0.235. The third kappa shape index (κ3) is 4.48. The van der Waals surface area contributed by atoms with Gasteiger partial charge in [0.25, 0.3) is 0 Å². The van der Waals surface area contributed by atoms with Crippen molar-refractivity contribution in [2.75, 3.05) is 24.3 Å². The van der Waals surface area contributed by atoms with E-state index in [2.05, 4.69) is 5.32 Å². The Bertz CT molecular complexity index is 682. The van der Waals surface area contributed by atoms with Crippen LogP contribution in [0.1, 0.15) is 11.1 Å². The number of rotatable bonds is 4. The first kappa shape index (κ1) is 16.9. The van der Waals surface area contributed by atoms with Gasteiger partial charge in [0.1, 0.15) is 0 Å². The maximum atomic E-state index is 12.9. The van der Waals surface area contributed by atoms with E-state index in [1.165, 1.54) is 6.07 Å². The van der Waals surface area contributed by atoms with Crippen LogP contribution in [0.5, 0.6) is 0 Å². The highest BCUT2D eigenvalue weighted by Crippen LogP contribution is 2.34. The molecule has 0 atom stereocenters. The van der Waals surface area contributed by atoms with E-state index in [0.29, 0.717) is 5.69 Å². The van der Waals surface area contributed by atoms with E-state index in [0.717, 1.165) is 17.7 Å². The normalized spacial score (nSPS) is 11.2. The van der Waals surface area contributed by atoms with Crippen LogP contribution in [-0.4, -0.2) is 20.0 Å². The van der Waals surface area contributed by atoms with Gasteiger partial charge in [-0.25, -0.2) is 0 Å². The molecule has 3 nitrogen and oxygen atoms in total. The lowest BCUT2D eigenvalue weighted by atomic mass is 10.1. The molecule has 0 aliphatic carbocycles. The maximum absolute atomic E-state index is 12.9. The van der Waals surface area contributed by atoms with E-state index in [9.17, 15) is 18.0 Å². The Morgan fingerprint density at radius 1 is 1.09 bits per heavy atom. The van der Waals surface area contributed by atoms with Crippen molar-refractivity contribution in [3.05, 3.63) is 59.7 Å². The van der Waals surface area contributed by atoms with Crippen LogP contribution in [0.25, 0.3) is 0 Å². The van der Waals surface area contributed by atoms with Gasteiger partial charge in [-0.1, -0.05) is 30.3 Å². The Morgan fingerprint density at radius 2 is 1.74 bits per heavy atom. The molecule has 0 saturated carbocycles. The van der Waals surface area contributed by atoms with Gasteiger partial charge in [0.15, 0.2) is 0 Å². The number of anilines is 2. The van der Waals surface area contributed by atoms with E-state index >= 15 is 0 Å². The molecule has 0 aliphatic rings. The molecule has 0 heterocycles. The molecular weight excluding hydrogens is 305 g/mol. The minimum atomic E-state index is -4.45. The van der Waals surface area contributed by atoms with E-state index in [1.54, 1.807) is 43.3 Å². The Labute approximate surface area is 132 Å². The first-order valence-corrected chi connectivity index (χ1v) is 6.99. The highest BCUT2D eigenvalue weighted by Gasteiger charge is 2.31. The summed E-state index contributed by atoms with van der Waals surface area (Å²) in [6.45, 7) is 0. The van der Waals surface area contributed by atoms with Crippen LogP contribution in [0.15, 0.2) is 48.5 Å². The number of nitrogens with one attached hydrogen (secondary N) is 1. The lowest BCUT2D eigenvalue weighted by molar-refractivity contribution is -0.137. The predicted octanol–water partition coefficient (Wildman–Crippen LogP) is 3.95. The van der Waals surface area contributed by atoms with Crippen molar-refractivity contribution in [3.63, 3.8) is 0 Å². The van der Waals surface area contributed by atoms with Crippen LogP contribution in [0, 0.1) is 0 Å². The molecule has 2 aromatic carbocycles. The van der Waals surface area contributed by atoms with Crippen molar-refractivity contribution in [2.24, 2.45) is 0 Å². The molecular formula is C17H17F3N2O. The fourth-order valence-electron chi connectivity index (χ4n) is 2.18. The summed E-state index contributed by atoms with van der Waals surface area (Å²) in [6.07, 6.45) is -4.35. The number of hydrogen-bond donors (Lipinski definition) is 1. The van der Waals surface area contributed by atoms with Gasteiger partial charge in [-0.05, 0) is 23.8 Å². The molecule has 122 valence electrons. The van der Waals surface area contributed by atoms with Gasteiger partial charge in [0.2, 0.25) is 5.91 Å². The third-order valence-electron chi connectivity index (χ3n) is 3.29. The molecule has 0 bridgehead atoms. The second-order valence-electron chi connectivity index (χ2n) is 5.33. The summed E-state index contributed by atoms with van der Waals surface area (Å²) in [5.41, 5.74) is 0.659. The van der Waals surface area contributed by atoms with E-state index in [4.69, 9.17) is 0 Å². The first-order valence-electron chi connectivity index (χ1n) is 6.99. The van der Waals surface area contributed by atoms with Crippen molar-refractivity contribution in [2.45, 2.75) is 12.6 Å². The van der Waals surface area contributed by atoms with E-state index < -0.39 is 11.7 Å². The molecule has 2 aromatic rings. The predicted molar refractivity (Wildman–Crippen MR) is 84.5 cm³/mol. The molecule has 0 fully saturated rings. The van der Waals surface area contributed by atoms with Gasteiger partial charge in [-0.2, -0.15) is 13.2 Å². The van der Waals surface area contributed by atoms with Crippen LogP contribution >= 0.6 is 0 Å². The minimum Gasteiger partial charge on any atom is -0.376 e. The van der Waals surface area contributed by atoms with Crippen LogP contribution in [0.2, 0.25) is 0 Å². The smallest absolute Gasteiger partial charge is 0.376 e. The van der Waals surface area contributed by atoms with Crippen LogP contribution in [-0.2, 0) is 17.4 Å². The zero-order valence-corrected chi connectivity index (χ0v) is 12.8. The number of carbonyl (C=O) groups excluding carboxylic acids is 1. The molecule has 1 N–H and O–H groups in total. The Balaban J connectivity index is 2.24. The van der Waals surface area contributed by atoms with Crippen LogP contribution in [0.3, 0.4) is 0 Å². The van der Waals surface area contributed by atoms with Gasteiger partial charge >= 0.3 is 6.18 Å². The quantitative estimate of drug-likeness (QED) is 0.924. The molecule has 1 amide bonds. The summed E-state index contributed by atoms with van der Waals surface area (Å²) in [5.74, 6) is -0.362. The molecule has 0 spiro atoms. The number of hydrogen-bond acceptors (Lipinski definition) is 2. The topological polar surface area (TPSA) is 32.3 Å². The third-order valence-corrected chi connectivity index (χ3v) is 3.29. The zero-order chi connectivity index (χ0) is 17.0. The lowest BCUT2D eigenvalue weighted by Gasteiger charge is -2.20. The maximum Gasteiger partial charge on any atom is 0.416 e. The zero-order valence-electron chi connectivity index (χ0n) is 12.8. The number of alkyl halides is 3. The molecule has 2 rings (SSSR count). The summed E-state index contributed by atoms with van der Waals surface area (Å²) >= 11 is 0. The average Bonchev–Trinajstić information content (AvgIpc) is 2.46. The highest BCUT2D eigenvalue weighted by atomic mass is 19.4. The number of amides is 1. The number of benzene rings is 2. The average molecular weight is 322 g/mol. The van der Waals surface area contributed by atoms with Gasteiger partial charge < -0.3 is 10.2 Å². The van der Waals surface area contributed by atoms with Gasteiger partial charge in [-0.15, -0.1) is 0 Å². The van der Waals surface area contributed by atoms with Crippen molar-refractivity contribution < 1.29 is 18.0 Å². The standard InChI is InChI=1S/C17H17F3N2O/c1-22(2)15-9-8-13(17(18,19)20)11-14(15)21-16(23)10-12-6-4-3-5-7-12/h3-9,11H,10H2,1-2H3,(H,21,23). The largest absolute Gasteiger partial charge is 0.416 e. The Hall–Kier alpha value is -2.50. The summed E-state index contributed by atoms with van der Waals surface area (Å²) in [7, 11) is 3.41. The second kappa shape index (κ2) is 6.73. The molecule has 0 saturated heterocycles. The van der Waals surface area contributed by atoms with Gasteiger partial charge in [0.05, 0.1) is 23.4 Å². The van der Waals surface area contributed by atoms with Crippen molar-refractivity contribution in [1.82, 2.24) is 0 Å². The summed E-state index contributed by atoms with van der Waals surface area (Å²) in [5, 5.41) is 2.57. The highest BCUT2D eigenvalue weighted by molar-refractivity contribution is 5.95. The van der Waals surface area contributed by atoms with Crippen molar-refractivity contribution >= 4 is 17.3 Å².